The number of anilines is 1. The van der Waals surface area contributed by atoms with E-state index in [0.29, 0.717) is 5.69 Å². The van der Waals surface area contributed by atoms with E-state index in [-0.39, 0.29) is 5.75 Å². The first-order valence-electron chi connectivity index (χ1n) is 4.86. The molecule has 1 aromatic rings. The number of rotatable bonds is 4. The summed E-state index contributed by atoms with van der Waals surface area (Å²) >= 11 is 0. The Bertz CT molecular complexity index is 449. The first-order chi connectivity index (χ1) is 8.40. The summed E-state index contributed by atoms with van der Waals surface area (Å²) in [4.78, 5) is 11.2. The van der Waals surface area contributed by atoms with E-state index in [2.05, 4.69) is 16.6 Å². The number of hydrogen-bond donors (Lipinski definition) is 1. The second-order valence-electron chi connectivity index (χ2n) is 3.16. The standard InChI is InChI=1S/C12H10F3NO2/c1-2-3-4-11(17)16-9-5-7-10(8-6-9)18-12(13,14)15/h2-8H,1H2,(H,16,17). The van der Waals surface area contributed by atoms with Crippen molar-refractivity contribution in [3.63, 3.8) is 0 Å². The molecule has 0 aliphatic rings. The lowest BCUT2D eigenvalue weighted by atomic mass is 10.3. The molecule has 1 amide bonds. The maximum atomic E-state index is 11.9. The molecule has 0 spiro atoms. The molecule has 0 bridgehead atoms. The number of halogens is 3. The molecule has 1 rings (SSSR count). The van der Waals surface area contributed by atoms with Crippen LogP contribution in [0, 0.1) is 0 Å². The Morgan fingerprint density at radius 3 is 2.39 bits per heavy atom. The molecule has 0 aliphatic heterocycles. The normalized spacial score (nSPS) is 11.3. The predicted molar refractivity (Wildman–Crippen MR) is 61.1 cm³/mol. The minimum atomic E-state index is -4.72. The van der Waals surface area contributed by atoms with Crippen LogP contribution in [0.4, 0.5) is 18.9 Å². The lowest BCUT2D eigenvalue weighted by Gasteiger charge is -2.09. The van der Waals surface area contributed by atoms with Gasteiger partial charge in [-0.1, -0.05) is 18.7 Å². The van der Waals surface area contributed by atoms with Crippen LogP contribution in [0.25, 0.3) is 0 Å². The Balaban J connectivity index is 2.63. The molecule has 1 N–H and O–H groups in total. The van der Waals surface area contributed by atoms with Crippen molar-refractivity contribution in [2.24, 2.45) is 0 Å². The van der Waals surface area contributed by atoms with Crippen LogP contribution in [-0.4, -0.2) is 12.3 Å². The number of carbonyl (C=O) groups is 1. The summed E-state index contributed by atoms with van der Waals surface area (Å²) in [6.07, 6.45) is -0.610. The van der Waals surface area contributed by atoms with Crippen molar-refractivity contribution < 1.29 is 22.7 Å². The van der Waals surface area contributed by atoms with Gasteiger partial charge in [-0.2, -0.15) is 0 Å². The van der Waals surface area contributed by atoms with Gasteiger partial charge in [0.2, 0.25) is 5.91 Å². The Morgan fingerprint density at radius 1 is 1.28 bits per heavy atom. The van der Waals surface area contributed by atoms with Crippen molar-refractivity contribution in [2.75, 3.05) is 5.32 Å². The molecular formula is C12H10F3NO2. The molecule has 0 fully saturated rings. The second-order valence-corrected chi connectivity index (χ2v) is 3.16. The number of benzene rings is 1. The van der Waals surface area contributed by atoms with E-state index in [1.807, 2.05) is 0 Å². The van der Waals surface area contributed by atoms with Crippen LogP contribution < -0.4 is 10.1 Å². The monoisotopic (exact) mass is 257 g/mol. The van der Waals surface area contributed by atoms with E-state index in [9.17, 15) is 18.0 Å². The maximum Gasteiger partial charge on any atom is 0.573 e. The Hall–Kier alpha value is -2.24. The molecule has 0 saturated heterocycles. The maximum absolute atomic E-state index is 11.9. The van der Waals surface area contributed by atoms with Crippen molar-refractivity contribution >= 4 is 11.6 Å². The molecule has 3 nitrogen and oxygen atoms in total. The summed E-state index contributed by atoms with van der Waals surface area (Å²) in [5, 5.41) is 2.46. The first kappa shape index (κ1) is 13.8. The molecule has 0 heterocycles. The van der Waals surface area contributed by atoms with Gasteiger partial charge >= 0.3 is 6.36 Å². The van der Waals surface area contributed by atoms with Gasteiger partial charge < -0.3 is 10.1 Å². The second kappa shape index (κ2) is 5.90. The third kappa shape index (κ3) is 5.20. The van der Waals surface area contributed by atoms with Gasteiger partial charge in [0.15, 0.2) is 0 Å². The fourth-order valence-corrected chi connectivity index (χ4v) is 1.08. The lowest BCUT2D eigenvalue weighted by molar-refractivity contribution is -0.274. The highest BCUT2D eigenvalue weighted by Crippen LogP contribution is 2.23. The molecular weight excluding hydrogens is 247 g/mol. The summed E-state index contributed by atoms with van der Waals surface area (Å²) < 4.78 is 39.3. The number of alkyl halides is 3. The summed E-state index contributed by atoms with van der Waals surface area (Å²) in [6.45, 7) is 3.40. The molecule has 0 unspecified atom stereocenters. The summed E-state index contributed by atoms with van der Waals surface area (Å²) in [5.41, 5.74) is 0.364. The Kier molecular flexibility index (Phi) is 4.53. The predicted octanol–water partition coefficient (Wildman–Crippen LogP) is 3.27. The van der Waals surface area contributed by atoms with Crippen molar-refractivity contribution in [1.29, 1.82) is 0 Å². The average molecular weight is 257 g/mol. The number of amides is 1. The van der Waals surface area contributed by atoms with Crippen molar-refractivity contribution in [1.82, 2.24) is 0 Å². The minimum absolute atomic E-state index is 0.345. The van der Waals surface area contributed by atoms with Gasteiger partial charge in [0.1, 0.15) is 5.75 Å². The van der Waals surface area contributed by atoms with Crippen LogP contribution in [-0.2, 0) is 4.79 Å². The van der Waals surface area contributed by atoms with E-state index >= 15 is 0 Å². The number of hydrogen-bond acceptors (Lipinski definition) is 2. The molecule has 1 aromatic carbocycles. The van der Waals surface area contributed by atoms with Crippen molar-refractivity contribution in [3.05, 3.63) is 49.1 Å². The zero-order chi connectivity index (χ0) is 13.6. The van der Waals surface area contributed by atoms with Gasteiger partial charge in [-0.25, -0.2) is 0 Å². The van der Waals surface area contributed by atoms with Gasteiger partial charge in [-0.3, -0.25) is 4.79 Å². The van der Waals surface area contributed by atoms with Crippen LogP contribution in [0.5, 0.6) is 5.75 Å². The quantitative estimate of drug-likeness (QED) is 0.664. The van der Waals surface area contributed by atoms with Crippen LogP contribution in [0.15, 0.2) is 49.1 Å². The number of allylic oxidation sites excluding steroid dienone is 2. The van der Waals surface area contributed by atoms with Gasteiger partial charge in [0, 0.05) is 11.8 Å². The molecule has 0 aliphatic carbocycles. The van der Waals surface area contributed by atoms with Crippen LogP contribution in [0.2, 0.25) is 0 Å². The smallest absolute Gasteiger partial charge is 0.406 e. The fourth-order valence-electron chi connectivity index (χ4n) is 1.08. The first-order valence-corrected chi connectivity index (χ1v) is 4.86. The molecule has 0 radical (unpaired) electrons. The largest absolute Gasteiger partial charge is 0.573 e. The van der Waals surface area contributed by atoms with Gasteiger partial charge in [-0.05, 0) is 24.3 Å². The van der Waals surface area contributed by atoms with E-state index < -0.39 is 12.3 Å². The number of carbonyl (C=O) groups excluding carboxylic acids is 1. The van der Waals surface area contributed by atoms with E-state index in [0.717, 1.165) is 12.1 Å². The molecule has 18 heavy (non-hydrogen) atoms. The Morgan fingerprint density at radius 2 is 1.89 bits per heavy atom. The molecule has 6 heteroatoms. The summed E-state index contributed by atoms with van der Waals surface area (Å²) in [5.74, 6) is -0.749. The molecule has 0 aromatic heterocycles. The summed E-state index contributed by atoms with van der Waals surface area (Å²) in [7, 11) is 0. The number of ether oxygens (including phenoxy) is 1. The average Bonchev–Trinajstić information content (AvgIpc) is 2.27. The topological polar surface area (TPSA) is 38.3 Å². The SMILES string of the molecule is C=CC=CC(=O)Nc1ccc(OC(F)(F)F)cc1. The number of nitrogens with one attached hydrogen (secondary N) is 1. The minimum Gasteiger partial charge on any atom is -0.406 e. The molecule has 0 atom stereocenters. The van der Waals surface area contributed by atoms with E-state index in [4.69, 9.17) is 0 Å². The van der Waals surface area contributed by atoms with Gasteiger partial charge in [0.05, 0.1) is 0 Å². The molecule has 0 saturated carbocycles. The fraction of sp³-hybridized carbons (Fsp3) is 0.0833. The Labute approximate surface area is 102 Å². The van der Waals surface area contributed by atoms with Gasteiger partial charge in [-0.15, -0.1) is 13.2 Å². The van der Waals surface area contributed by atoms with Crippen molar-refractivity contribution in [2.45, 2.75) is 6.36 Å². The molecule has 96 valence electrons. The zero-order valence-electron chi connectivity index (χ0n) is 9.20. The van der Waals surface area contributed by atoms with E-state index in [1.54, 1.807) is 0 Å². The third-order valence-electron chi connectivity index (χ3n) is 1.74. The van der Waals surface area contributed by atoms with Crippen LogP contribution in [0.1, 0.15) is 0 Å². The zero-order valence-corrected chi connectivity index (χ0v) is 9.20. The highest BCUT2D eigenvalue weighted by molar-refractivity contribution is 5.99. The van der Waals surface area contributed by atoms with Crippen molar-refractivity contribution in [3.8, 4) is 5.75 Å². The summed E-state index contributed by atoms with van der Waals surface area (Å²) in [6, 6.07) is 4.84. The lowest BCUT2D eigenvalue weighted by Crippen LogP contribution is -2.17. The van der Waals surface area contributed by atoms with E-state index in [1.165, 1.54) is 30.4 Å². The third-order valence-corrected chi connectivity index (χ3v) is 1.74. The van der Waals surface area contributed by atoms with Gasteiger partial charge in [0.25, 0.3) is 0 Å². The highest BCUT2D eigenvalue weighted by Gasteiger charge is 2.30. The highest BCUT2D eigenvalue weighted by atomic mass is 19.4. The van der Waals surface area contributed by atoms with Crippen LogP contribution in [0.3, 0.4) is 0 Å². The van der Waals surface area contributed by atoms with Crippen LogP contribution >= 0.6 is 0 Å².